The molecule has 2 aromatic carbocycles. The normalized spacial score (nSPS) is 45.2. The second-order valence-electron chi connectivity index (χ2n) is 15.8. The van der Waals surface area contributed by atoms with E-state index < -0.39 is 0 Å². The van der Waals surface area contributed by atoms with Crippen molar-refractivity contribution in [3.05, 3.63) is 70.9 Å². The molecule has 9 atom stereocenters. The quantitative estimate of drug-likeness (QED) is 0.412. The van der Waals surface area contributed by atoms with E-state index in [4.69, 9.17) is 4.99 Å². The molecule has 4 nitrogen and oxygen atoms in total. The number of nitrogens with zero attached hydrogens (tertiary/aromatic N) is 4. The van der Waals surface area contributed by atoms with Crippen LogP contribution in [0, 0.1) is 29.1 Å². The predicted octanol–water partition coefficient (Wildman–Crippen LogP) is 6.68. The highest BCUT2D eigenvalue weighted by Gasteiger charge is 2.72. The lowest BCUT2D eigenvalue weighted by Crippen LogP contribution is -2.69. The van der Waals surface area contributed by atoms with Gasteiger partial charge in [0.2, 0.25) is 0 Å². The molecule has 5 fully saturated rings. The molecule has 42 heavy (non-hydrogen) atoms. The summed E-state index contributed by atoms with van der Waals surface area (Å²) in [5.41, 5.74) is 11.9. The summed E-state index contributed by atoms with van der Waals surface area (Å²) in [6.07, 6.45) is 9.22. The summed E-state index contributed by atoms with van der Waals surface area (Å²) >= 11 is 0. The topological polar surface area (TPSA) is 22.1 Å². The molecule has 1 saturated carbocycles. The first kappa shape index (κ1) is 24.0. The largest absolute Gasteiger partial charge is 0.343 e. The van der Waals surface area contributed by atoms with E-state index in [2.05, 4.69) is 77.1 Å². The zero-order valence-electron chi connectivity index (χ0n) is 25.4. The van der Waals surface area contributed by atoms with Crippen molar-refractivity contribution in [2.24, 2.45) is 34.1 Å². The average Bonchev–Trinajstić information content (AvgIpc) is 3.79. The molecule has 7 heterocycles. The third-order valence-electron chi connectivity index (χ3n) is 15.0. The van der Waals surface area contributed by atoms with Gasteiger partial charge in [-0.05, 0) is 97.7 Å². The van der Waals surface area contributed by atoms with E-state index in [-0.39, 0.29) is 16.2 Å². The monoisotopic (exact) mass is 556 g/mol. The predicted molar refractivity (Wildman–Crippen MR) is 168 cm³/mol. The number of rotatable bonds is 2. The molecular formula is C38H44N4. The lowest BCUT2D eigenvalue weighted by atomic mass is 9.45. The van der Waals surface area contributed by atoms with Gasteiger partial charge in [0.25, 0.3) is 0 Å². The Kier molecular flexibility index (Phi) is 4.34. The number of para-hydroxylation sites is 2. The second kappa shape index (κ2) is 7.61. The van der Waals surface area contributed by atoms with E-state index in [9.17, 15) is 0 Å². The van der Waals surface area contributed by atoms with Gasteiger partial charge >= 0.3 is 0 Å². The number of allylic oxidation sites excluding steroid dienone is 1. The van der Waals surface area contributed by atoms with Crippen molar-refractivity contribution in [3.63, 3.8) is 0 Å². The summed E-state index contributed by atoms with van der Waals surface area (Å²) in [5, 5.41) is 0. The van der Waals surface area contributed by atoms with Crippen LogP contribution in [0.1, 0.15) is 69.9 Å². The fraction of sp³-hybridized carbons (Fsp3) is 0.605. The van der Waals surface area contributed by atoms with Crippen LogP contribution < -0.4 is 4.90 Å². The SMILES string of the molecule is CC[C@@H]1CN2CC[C@@]34C5=C(C[C@]6(CN5c5ccccc53)C3=Nc5ccccc5[C@@]35CCN3C[C@@H](CC)[C@@H]6C[C@H]35)[C@H]1CC24. The molecule has 11 rings (SSSR count). The van der Waals surface area contributed by atoms with Gasteiger partial charge < -0.3 is 4.90 Å². The molecule has 2 aromatic rings. The number of benzene rings is 2. The first-order chi connectivity index (χ1) is 20.6. The smallest absolute Gasteiger partial charge is 0.0671 e. The molecule has 1 unspecified atom stereocenters. The van der Waals surface area contributed by atoms with Crippen molar-refractivity contribution in [2.75, 3.05) is 37.6 Å². The van der Waals surface area contributed by atoms with E-state index >= 15 is 0 Å². The molecule has 0 radical (unpaired) electrons. The number of hydrogen-bond donors (Lipinski definition) is 0. The van der Waals surface area contributed by atoms with E-state index in [1.165, 1.54) is 76.8 Å². The maximum Gasteiger partial charge on any atom is 0.0671 e. The summed E-state index contributed by atoms with van der Waals surface area (Å²) in [4.78, 5) is 14.6. The highest BCUT2D eigenvalue weighted by molar-refractivity contribution is 6.08. The molecule has 9 aliphatic rings. The van der Waals surface area contributed by atoms with E-state index in [1.54, 1.807) is 28.2 Å². The summed E-state index contributed by atoms with van der Waals surface area (Å²) in [7, 11) is 0. The van der Waals surface area contributed by atoms with Crippen LogP contribution in [0.4, 0.5) is 11.4 Å². The van der Waals surface area contributed by atoms with Crippen LogP contribution in [0.5, 0.6) is 0 Å². The molecule has 4 heteroatoms. The summed E-state index contributed by atoms with van der Waals surface area (Å²) in [6.45, 7) is 11.3. The number of hydrogen-bond acceptors (Lipinski definition) is 4. The Labute approximate surface area is 250 Å². The Balaban J connectivity index is 1.20. The van der Waals surface area contributed by atoms with Crippen molar-refractivity contribution in [2.45, 2.75) is 81.7 Å². The third kappa shape index (κ3) is 2.37. The summed E-state index contributed by atoms with van der Waals surface area (Å²) < 4.78 is 0. The summed E-state index contributed by atoms with van der Waals surface area (Å²) in [5.74, 6) is 3.03. The maximum atomic E-state index is 5.84. The lowest BCUT2D eigenvalue weighted by molar-refractivity contribution is -0.00363. The molecule has 4 bridgehead atoms. The molecule has 2 aliphatic carbocycles. The molecule has 7 aliphatic heterocycles. The number of aliphatic imine (C=N–C) groups is 1. The van der Waals surface area contributed by atoms with Gasteiger partial charge in [-0.15, -0.1) is 0 Å². The molecule has 3 spiro atoms. The zero-order chi connectivity index (χ0) is 27.6. The third-order valence-corrected chi connectivity index (χ3v) is 15.0. The molecule has 4 saturated heterocycles. The molecule has 0 aromatic heterocycles. The number of fused-ring (bicyclic) bond motifs is 8. The lowest BCUT2D eigenvalue weighted by Gasteiger charge is -2.64. The van der Waals surface area contributed by atoms with Gasteiger partial charge in [0.15, 0.2) is 0 Å². The van der Waals surface area contributed by atoms with Gasteiger partial charge in [-0.3, -0.25) is 14.8 Å². The Morgan fingerprint density at radius 1 is 0.810 bits per heavy atom. The fourth-order valence-corrected chi connectivity index (χ4v) is 13.6. The first-order valence-electron chi connectivity index (χ1n) is 17.4. The molecule has 0 N–H and O–H groups in total. The highest BCUT2D eigenvalue weighted by Crippen LogP contribution is 2.71. The van der Waals surface area contributed by atoms with Gasteiger partial charge in [0, 0.05) is 54.2 Å². The minimum atomic E-state index is 0.124. The van der Waals surface area contributed by atoms with Crippen LogP contribution in [0.3, 0.4) is 0 Å². The zero-order valence-corrected chi connectivity index (χ0v) is 25.4. The van der Waals surface area contributed by atoms with Crippen molar-refractivity contribution in [1.29, 1.82) is 0 Å². The van der Waals surface area contributed by atoms with Crippen LogP contribution in [-0.2, 0) is 10.8 Å². The van der Waals surface area contributed by atoms with Gasteiger partial charge in [0.05, 0.1) is 16.5 Å². The van der Waals surface area contributed by atoms with Gasteiger partial charge in [-0.25, -0.2) is 0 Å². The first-order valence-corrected chi connectivity index (χ1v) is 17.4. The average molecular weight is 557 g/mol. The Morgan fingerprint density at radius 3 is 2.36 bits per heavy atom. The Hall–Kier alpha value is -2.43. The summed E-state index contributed by atoms with van der Waals surface area (Å²) in [6, 6.07) is 20.4. The standard InChI is InChI=1S/C38H44N4/c1-3-23-20-40-15-13-37-28-10-6-8-12-31(28)42-22-36(19-26(34(37)42)25(23)17-32(37)40)29-18-33-38(14-16-41(33)21-24(29)4-2)27-9-5-7-11-30(27)39-35(36)38/h5-12,23-25,29,32-33H,3-4,13-22H2,1-2H3/t23-,24-,25+,29+,32?,33+,36-,37-,38-/m1/s1. The highest BCUT2D eigenvalue weighted by atomic mass is 15.3. The Morgan fingerprint density at radius 2 is 1.52 bits per heavy atom. The van der Waals surface area contributed by atoms with E-state index in [1.807, 2.05) is 5.57 Å². The number of anilines is 1. The van der Waals surface area contributed by atoms with E-state index in [0.717, 1.165) is 30.2 Å². The van der Waals surface area contributed by atoms with E-state index in [0.29, 0.717) is 12.1 Å². The Bertz CT molecular complexity index is 1620. The van der Waals surface area contributed by atoms with Crippen molar-refractivity contribution in [1.82, 2.24) is 9.80 Å². The minimum Gasteiger partial charge on any atom is -0.343 e. The van der Waals surface area contributed by atoms with Gasteiger partial charge in [-0.2, -0.15) is 0 Å². The van der Waals surface area contributed by atoms with Crippen LogP contribution in [0.25, 0.3) is 0 Å². The van der Waals surface area contributed by atoms with Gasteiger partial charge in [-0.1, -0.05) is 63.1 Å². The van der Waals surface area contributed by atoms with Crippen molar-refractivity contribution < 1.29 is 0 Å². The van der Waals surface area contributed by atoms with Crippen LogP contribution in [0.15, 0.2) is 64.8 Å². The molecular weight excluding hydrogens is 512 g/mol. The van der Waals surface area contributed by atoms with Crippen LogP contribution in [0.2, 0.25) is 0 Å². The molecule has 0 amide bonds. The van der Waals surface area contributed by atoms with Gasteiger partial charge in [0.1, 0.15) is 0 Å². The number of piperidine rings is 2. The maximum absolute atomic E-state index is 5.84. The molecule has 216 valence electrons. The van der Waals surface area contributed by atoms with Crippen LogP contribution >= 0.6 is 0 Å². The van der Waals surface area contributed by atoms with Crippen LogP contribution in [-0.4, -0.2) is 60.3 Å². The fourth-order valence-electron chi connectivity index (χ4n) is 13.6. The minimum absolute atomic E-state index is 0.124. The van der Waals surface area contributed by atoms with Crippen molar-refractivity contribution in [3.8, 4) is 0 Å². The van der Waals surface area contributed by atoms with Crippen molar-refractivity contribution >= 4 is 17.1 Å². The second-order valence-corrected chi connectivity index (χ2v) is 15.8.